The monoisotopic (exact) mass is 432 g/mol. The first-order valence-electron chi connectivity index (χ1n) is 9.76. The van der Waals surface area contributed by atoms with Crippen LogP contribution in [0.15, 0.2) is 72.9 Å². The number of pyridine rings is 1. The molecule has 1 heterocycles. The molecule has 1 aromatic heterocycles. The molecule has 4 aromatic rings. The van der Waals surface area contributed by atoms with Crippen LogP contribution >= 0.6 is 23.8 Å². The Morgan fingerprint density at radius 1 is 1.00 bits per heavy atom. The third kappa shape index (κ3) is 4.02. The molecule has 0 aliphatic rings. The summed E-state index contributed by atoms with van der Waals surface area (Å²) in [5, 5.41) is 6.04. The van der Waals surface area contributed by atoms with E-state index < -0.39 is 0 Å². The number of anilines is 2. The van der Waals surface area contributed by atoms with Crippen LogP contribution in [-0.2, 0) is 0 Å². The van der Waals surface area contributed by atoms with Gasteiger partial charge in [0, 0.05) is 22.0 Å². The molecule has 0 aliphatic heterocycles. The minimum atomic E-state index is 0.571. The molecule has 0 radical (unpaired) electrons. The van der Waals surface area contributed by atoms with E-state index in [9.17, 15) is 0 Å². The highest BCUT2D eigenvalue weighted by atomic mass is 35.5. The van der Waals surface area contributed by atoms with Crippen molar-refractivity contribution in [2.75, 3.05) is 11.9 Å². The minimum Gasteiger partial charge on any atom is -0.478 e. The van der Waals surface area contributed by atoms with E-state index in [1.165, 1.54) is 0 Å². The quantitative estimate of drug-likeness (QED) is 0.260. The number of ether oxygens (including phenoxy) is 1. The molecule has 0 saturated heterocycles. The molecule has 0 saturated carbocycles. The summed E-state index contributed by atoms with van der Waals surface area (Å²) in [7, 11) is 0. The van der Waals surface area contributed by atoms with Crippen molar-refractivity contribution in [2.24, 2.45) is 0 Å². The fourth-order valence-corrected chi connectivity index (χ4v) is 4.16. The molecule has 3 aromatic carbocycles. The number of nitrogens with zero attached hydrogens (tertiary/aromatic N) is 1. The lowest BCUT2D eigenvalue weighted by Gasteiger charge is -2.14. The Kier molecular flexibility index (Phi) is 5.98. The van der Waals surface area contributed by atoms with Crippen molar-refractivity contribution in [3.8, 4) is 5.88 Å². The Balaban J connectivity index is 1.66. The average Bonchev–Trinajstić information content (AvgIpc) is 2.76. The third-order valence-corrected chi connectivity index (χ3v) is 5.67. The molecule has 150 valence electrons. The molecule has 0 bridgehead atoms. The first-order valence-corrected chi connectivity index (χ1v) is 10.5. The molecule has 3 nitrogen and oxygen atoms in total. The van der Waals surface area contributed by atoms with E-state index in [0.29, 0.717) is 17.5 Å². The molecule has 0 fully saturated rings. The lowest BCUT2D eigenvalue weighted by Crippen LogP contribution is -2.03. The summed E-state index contributed by atoms with van der Waals surface area (Å²) in [6, 6.07) is 21.9. The molecule has 0 spiro atoms. The number of rotatable bonds is 6. The number of thiocarbonyl (C=S) groups is 1. The van der Waals surface area contributed by atoms with Crippen LogP contribution < -0.4 is 10.1 Å². The predicted molar refractivity (Wildman–Crippen MR) is 130 cm³/mol. The normalized spacial score (nSPS) is 10.8. The van der Waals surface area contributed by atoms with E-state index in [0.717, 1.165) is 43.7 Å². The maximum atomic E-state index is 6.61. The number of hydrogen-bond donors (Lipinski definition) is 1. The SMILES string of the molecule is CCOc1ncc(Nc2ccc(C(=S)c3ccccc3C)c(Cl)c2)c2ccccc12. The van der Waals surface area contributed by atoms with Crippen molar-refractivity contribution in [3.63, 3.8) is 0 Å². The summed E-state index contributed by atoms with van der Waals surface area (Å²) in [6.45, 7) is 4.57. The molecule has 0 aliphatic carbocycles. The Morgan fingerprint density at radius 2 is 1.73 bits per heavy atom. The maximum Gasteiger partial charge on any atom is 0.221 e. The van der Waals surface area contributed by atoms with Crippen LogP contribution in [0.4, 0.5) is 11.4 Å². The smallest absolute Gasteiger partial charge is 0.221 e. The third-order valence-electron chi connectivity index (χ3n) is 4.92. The van der Waals surface area contributed by atoms with Crippen LogP contribution in [0, 0.1) is 6.92 Å². The van der Waals surface area contributed by atoms with Crippen LogP contribution in [0.1, 0.15) is 23.6 Å². The van der Waals surface area contributed by atoms with Crippen LogP contribution in [0.25, 0.3) is 10.8 Å². The number of fused-ring (bicyclic) bond motifs is 1. The van der Waals surface area contributed by atoms with E-state index >= 15 is 0 Å². The van der Waals surface area contributed by atoms with Gasteiger partial charge in [-0.25, -0.2) is 4.98 Å². The van der Waals surface area contributed by atoms with Gasteiger partial charge in [0.2, 0.25) is 5.88 Å². The zero-order valence-corrected chi connectivity index (χ0v) is 18.3. The topological polar surface area (TPSA) is 34.1 Å². The van der Waals surface area contributed by atoms with E-state index in [1.54, 1.807) is 6.20 Å². The summed E-state index contributed by atoms with van der Waals surface area (Å²) in [5.74, 6) is 0.635. The molecular formula is C25H21ClN2OS. The Bertz CT molecular complexity index is 1240. The fourth-order valence-electron chi connectivity index (χ4n) is 3.42. The highest BCUT2D eigenvalue weighted by Gasteiger charge is 2.13. The summed E-state index contributed by atoms with van der Waals surface area (Å²) in [4.78, 5) is 5.22. The Morgan fingerprint density at radius 3 is 2.47 bits per heavy atom. The molecule has 30 heavy (non-hydrogen) atoms. The van der Waals surface area contributed by atoms with E-state index in [-0.39, 0.29) is 0 Å². The van der Waals surface area contributed by atoms with Gasteiger partial charge in [-0.2, -0.15) is 0 Å². The van der Waals surface area contributed by atoms with Gasteiger partial charge in [-0.05, 0) is 49.2 Å². The number of halogens is 1. The standard InChI is InChI=1S/C25H21ClN2OS/c1-3-29-25-20-11-7-6-10-19(20)23(15-27-25)28-17-12-13-21(22(26)14-17)24(30)18-9-5-4-8-16(18)2/h4-15,28H,3H2,1-2H3. The second-order valence-electron chi connectivity index (χ2n) is 6.92. The average molecular weight is 433 g/mol. The van der Waals surface area contributed by atoms with Crippen molar-refractivity contribution < 1.29 is 4.74 Å². The van der Waals surface area contributed by atoms with Gasteiger partial charge in [0.05, 0.1) is 28.4 Å². The Labute approximate surface area is 186 Å². The number of nitrogens with one attached hydrogen (secondary N) is 1. The zero-order valence-electron chi connectivity index (χ0n) is 16.8. The predicted octanol–water partition coefficient (Wildman–Crippen LogP) is 7.11. The summed E-state index contributed by atoms with van der Waals surface area (Å²) < 4.78 is 5.66. The van der Waals surface area contributed by atoms with Crippen LogP contribution in [0.5, 0.6) is 5.88 Å². The van der Waals surface area contributed by atoms with Crippen LogP contribution in [-0.4, -0.2) is 16.5 Å². The second-order valence-corrected chi connectivity index (χ2v) is 7.73. The molecule has 0 unspecified atom stereocenters. The Hall–Kier alpha value is -2.95. The lowest BCUT2D eigenvalue weighted by molar-refractivity contribution is 0.331. The summed E-state index contributed by atoms with van der Waals surface area (Å²) in [5.41, 5.74) is 4.76. The van der Waals surface area contributed by atoms with Crippen molar-refractivity contribution in [1.82, 2.24) is 4.98 Å². The number of aromatic nitrogens is 1. The number of hydrogen-bond acceptors (Lipinski definition) is 4. The lowest BCUT2D eigenvalue weighted by atomic mass is 10.00. The van der Waals surface area contributed by atoms with Gasteiger partial charge < -0.3 is 10.1 Å². The summed E-state index contributed by atoms with van der Waals surface area (Å²) in [6.07, 6.45) is 1.78. The van der Waals surface area contributed by atoms with Gasteiger partial charge in [-0.3, -0.25) is 0 Å². The molecule has 5 heteroatoms. The van der Waals surface area contributed by atoms with Gasteiger partial charge >= 0.3 is 0 Å². The molecule has 0 amide bonds. The van der Waals surface area contributed by atoms with Gasteiger partial charge in [-0.15, -0.1) is 0 Å². The second kappa shape index (κ2) is 8.82. The van der Waals surface area contributed by atoms with Crippen LogP contribution in [0.3, 0.4) is 0 Å². The number of benzene rings is 3. The van der Waals surface area contributed by atoms with Crippen molar-refractivity contribution in [1.29, 1.82) is 0 Å². The highest BCUT2D eigenvalue weighted by molar-refractivity contribution is 7.81. The minimum absolute atomic E-state index is 0.571. The largest absolute Gasteiger partial charge is 0.478 e. The van der Waals surface area contributed by atoms with Gasteiger partial charge in [0.25, 0.3) is 0 Å². The zero-order chi connectivity index (χ0) is 21.1. The molecule has 0 atom stereocenters. The van der Waals surface area contributed by atoms with E-state index in [4.69, 9.17) is 28.6 Å². The maximum absolute atomic E-state index is 6.61. The van der Waals surface area contributed by atoms with Gasteiger partial charge in [0.1, 0.15) is 0 Å². The van der Waals surface area contributed by atoms with E-state index in [1.807, 2.05) is 67.6 Å². The van der Waals surface area contributed by atoms with Crippen molar-refractivity contribution in [3.05, 3.63) is 94.6 Å². The number of aryl methyl sites for hydroxylation is 1. The molecular weight excluding hydrogens is 412 g/mol. The van der Waals surface area contributed by atoms with Crippen LogP contribution in [0.2, 0.25) is 5.02 Å². The first kappa shape index (κ1) is 20.3. The fraction of sp³-hybridized carbons (Fsp3) is 0.120. The summed E-state index contributed by atoms with van der Waals surface area (Å²) >= 11 is 12.3. The van der Waals surface area contributed by atoms with Crippen molar-refractivity contribution >= 4 is 50.8 Å². The van der Waals surface area contributed by atoms with E-state index in [2.05, 4.69) is 23.3 Å². The van der Waals surface area contributed by atoms with Gasteiger partial charge in [-0.1, -0.05) is 66.3 Å². The molecule has 1 N–H and O–H groups in total. The van der Waals surface area contributed by atoms with Crippen molar-refractivity contribution in [2.45, 2.75) is 13.8 Å². The van der Waals surface area contributed by atoms with Gasteiger partial charge in [0.15, 0.2) is 0 Å². The molecule has 4 rings (SSSR count). The first-order chi connectivity index (χ1) is 14.6. The highest BCUT2D eigenvalue weighted by Crippen LogP contribution is 2.32.